The highest BCUT2D eigenvalue weighted by molar-refractivity contribution is 7.90. The SMILES string of the molecule is COC(=O)c1ccnc(-c2ccc(S(C)(=O)=O)cc2)c1. The van der Waals surface area contributed by atoms with Crippen molar-refractivity contribution in [1.82, 2.24) is 4.98 Å². The van der Waals surface area contributed by atoms with Gasteiger partial charge in [0.25, 0.3) is 0 Å². The molecule has 0 spiro atoms. The third-order valence-corrected chi connectivity index (χ3v) is 3.89. The van der Waals surface area contributed by atoms with Crippen LogP contribution in [0.5, 0.6) is 0 Å². The first-order chi connectivity index (χ1) is 9.41. The van der Waals surface area contributed by atoms with Gasteiger partial charge in [-0.3, -0.25) is 4.98 Å². The molecular weight excluding hydrogens is 278 g/mol. The maximum absolute atomic E-state index is 11.5. The number of ether oxygens (including phenoxy) is 1. The summed E-state index contributed by atoms with van der Waals surface area (Å²) >= 11 is 0. The van der Waals surface area contributed by atoms with Gasteiger partial charge in [-0.2, -0.15) is 0 Å². The molecule has 0 N–H and O–H groups in total. The van der Waals surface area contributed by atoms with Gasteiger partial charge in [0, 0.05) is 18.0 Å². The Labute approximate surface area is 117 Å². The van der Waals surface area contributed by atoms with E-state index in [2.05, 4.69) is 9.72 Å². The number of carbonyl (C=O) groups is 1. The average molecular weight is 291 g/mol. The maximum atomic E-state index is 11.5. The van der Waals surface area contributed by atoms with Gasteiger partial charge in [-0.05, 0) is 24.3 Å². The van der Waals surface area contributed by atoms with Crippen molar-refractivity contribution in [1.29, 1.82) is 0 Å². The summed E-state index contributed by atoms with van der Waals surface area (Å²) in [6.45, 7) is 0. The van der Waals surface area contributed by atoms with Crippen LogP contribution in [0, 0.1) is 0 Å². The zero-order chi connectivity index (χ0) is 14.8. The van der Waals surface area contributed by atoms with Crippen LogP contribution in [-0.4, -0.2) is 32.7 Å². The van der Waals surface area contributed by atoms with Crippen molar-refractivity contribution in [2.75, 3.05) is 13.4 Å². The summed E-state index contributed by atoms with van der Waals surface area (Å²) in [5, 5.41) is 0. The van der Waals surface area contributed by atoms with E-state index < -0.39 is 15.8 Å². The molecule has 0 saturated heterocycles. The van der Waals surface area contributed by atoms with Crippen LogP contribution >= 0.6 is 0 Å². The molecule has 104 valence electrons. The lowest BCUT2D eigenvalue weighted by atomic mass is 10.1. The molecule has 0 radical (unpaired) electrons. The molecule has 2 aromatic rings. The topological polar surface area (TPSA) is 73.3 Å². The van der Waals surface area contributed by atoms with Crippen molar-refractivity contribution in [3.8, 4) is 11.3 Å². The number of sulfone groups is 1. The summed E-state index contributed by atoms with van der Waals surface area (Å²) in [7, 11) is -1.91. The Morgan fingerprint density at radius 3 is 2.35 bits per heavy atom. The van der Waals surface area contributed by atoms with Crippen LogP contribution in [0.15, 0.2) is 47.5 Å². The second kappa shape index (κ2) is 5.42. The van der Waals surface area contributed by atoms with Gasteiger partial charge in [-0.25, -0.2) is 13.2 Å². The largest absolute Gasteiger partial charge is 0.465 e. The average Bonchev–Trinajstić information content (AvgIpc) is 2.46. The second-order valence-electron chi connectivity index (χ2n) is 4.22. The van der Waals surface area contributed by atoms with Gasteiger partial charge in [0.1, 0.15) is 0 Å². The molecule has 0 amide bonds. The molecular formula is C14H13NO4S. The summed E-state index contributed by atoms with van der Waals surface area (Å²) in [6, 6.07) is 9.48. The van der Waals surface area contributed by atoms with Gasteiger partial charge >= 0.3 is 5.97 Å². The number of pyridine rings is 1. The van der Waals surface area contributed by atoms with E-state index in [1.54, 1.807) is 24.3 Å². The Morgan fingerprint density at radius 2 is 1.80 bits per heavy atom. The number of hydrogen-bond donors (Lipinski definition) is 0. The first kappa shape index (κ1) is 14.2. The van der Waals surface area contributed by atoms with Crippen molar-refractivity contribution >= 4 is 15.8 Å². The third-order valence-electron chi connectivity index (χ3n) is 2.76. The molecule has 1 aromatic carbocycles. The first-order valence-electron chi connectivity index (χ1n) is 5.76. The fourth-order valence-corrected chi connectivity index (χ4v) is 2.34. The van der Waals surface area contributed by atoms with Crippen molar-refractivity contribution in [2.24, 2.45) is 0 Å². The van der Waals surface area contributed by atoms with Crippen LogP contribution in [-0.2, 0) is 14.6 Å². The Morgan fingerprint density at radius 1 is 1.15 bits per heavy atom. The molecule has 0 atom stereocenters. The Balaban J connectivity index is 2.40. The Bertz CT molecular complexity index is 736. The van der Waals surface area contributed by atoms with Crippen LogP contribution < -0.4 is 0 Å². The monoisotopic (exact) mass is 291 g/mol. The lowest BCUT2D eigenvalue weighted by molar-refractivity contribution is 0.0600. The lowest BCUT2D eigenvalue weighted by Crippen LogP contribution is -2.01. The molecule has 1 aromatic heterocycles. The minimum absolute atomic E-state index is 0.241. The Kier molecular flexibility index (Phi) is 3.85. The Hall–Kier alpha value is -2.21. The van der Waals surface area contributed by atoms with Crippen LogP contribution in [0.25, 0.3) is 11.3 Å². The minimum atomic E-state index is -3.22. The minimum Gasteiger partial charge on any atom is -0.465 e. The van der Waals surface area contributed by atoms with Gasteiger partial charge in [0.05, 0.1) is 23.3 Å². The highest BCUT2D eigenvalue weighted by Crippen LogP contribution is 2.20. The van der Waals surface area contributed by atoms with Crippen molar-refractivity contribution in [2.45, 2.75) is 4.90 Å². The van der Waals surface area contributed by atoms with Gasteiger partial charge < -0.3 is 4.74 Å². The molecule has 0 aliphatic carbocycles. The van der Waals surface area contributed by atoms with Gasteiger partial charge in [-0.1, -0.05) is 12.1 Å². The molecule has 20 heavy (non-hydrogen) atoms. The predicted molar refractivity (Wildman–Crippen MR) is 74.1 cm³/mol. The highest BCUT2D eigenvalue weighted by Gasteiger charge is 2.10. The number of nitrogens with zero attached hydrogens (tertiary/aromatic N) is 1. The zero-order valence-electron chi connectivity index (χ0n) is 11.0. The summed E-state index contributed by atoms with van der Waals surface area (Å²) < 4.78 is 27.4. The van der Waals surface area contributed by atoms with Crippen LogP contribution in [0.1, 0.15) is 10.4 Å². The van der Waals surface area contributed by atoms with Gasteiger partial charge in [-0.15, -0.1) is 0 Å². The molecule has 0 unspecified atom stereocenters. The molecule has 2 rings (SSSR count). The summed E-state index contributed by atoms with van der Waals surface area (Å²) in [6.07, 6.45) is 2.66. The van der Waals surface area contributed by atoms with Crippen molar-refractivity contribution in [3.63, 3.8) is 0 Å². The van der Waals surface area contributed by atoms with E-state index in [0.29, 0.717) is 11.3 Å². The van der Waals surface area contributed by atoms with E-state index >= 15 is 0 Å². The molecule has 0 aliphatic rings. The van der Waals surface area contributed by atoms with Crippen LogP contribution in [0.3, 0.4) is 0 Å². The predicted octanol–water partition coefficient (Wildman–Crippen LogP) is 1.94. The normalized spacial score (nSPS) is 11.1. The van der Waals surface area contributed by atoms with E-state index in [-0.39, 0.29) is 4.90 Å². The van der Waals surface area contributed by atoms with Gasteiger partial charge in [0.2, 0.25) is 0 Å². The lowest BCUT2D eigenvalue weighted by Gasteiger charge is -2.04. The highest BCUT2D eigenvalue weighted by atomic mass is 32.2. The van der Waals surface area contributed by atoms with E-state index in [1.165, 1.54) is 25.4 Å². The summed E-state index contributed by atoms with van der Waals surface area (Å²) in [5.74, 6) is -0.443. The molecule has 0 bridgehead atoms. The second-order valence-corrected chi connectivity index (χ2v) is 6.23. The molecule has 5 nitrogen and oxygen atoms in total. The number of carbonyl (C=O) groups excluding carboxylic acids is 1. The van der Waals surface area contributed by atoms with Gasteiger partial charge in [0.15, 0.2) is 9.84 Å². The number of aromatic nitrogens is 1. The number of hydrogen-bond acceptors (Lipinski definition) is 5. The van der Waals surface area contributed by atoms with Crippen molar-refractivity contribution < 1.29 is 17.9 Å². The number of rotatable bonds is 3. The zero-order valence-corrected chi connectivity index (χ0v) is 11.8. The molecule has 6 heteroatoms. The smallest absolute Gasteiger partial charge is 0.337 e. The fraction of sp³-hybridized carbons (Fsp3) is 0.143. The standard InChI is InChI=1S/C14H13NO4S/c1-19-14(16)11-7-8-15-13(9-11)10-3-5-12(6-4-10)20(2,17)18/h3-9H,1-2H3. The number of esters is 1. The molecule has 0 aliphatic heterocycles. The van der Waals surface area contributed by atoms with E-state index in [0.717, 1.165) is 11.8 Å². The summed E-state index contributed by atoms with van der Waals surface area (Å²) in [4.78, 5) is 15.9. The molecule has 0 fully saturated rings. The first-order valence-corrected chi connectivity index (χ1v) is 7.66. The third kappa shape index (κ3) is 3.03. The van der Waals surface area contributed by atoms with E-state index in [4.69, 9.17) is 0 Å². The maximum Gasteiger partial charge on any atom is 0.337 e. The number of benzene rings is 1. The van der Waals surface area contributed by atoms with Crippen LogP contribution in [0.4, 0.5) is 0 Å². The van der Waals surface area contributed by atoms with E-state index in [9.17, 15) is 13.2 Å². The number of methoxy groups -OCH3 is 1. The van der Waals surface area contributed by atoms with Crippen molar-refractivity contribution in [3.05, 3.63) is 48.2 Å². The van der Waals surface area contributed by atoms with Crippen LogP contribution in [0.2, 0.25) is 0 Å². The van der Waals surface area contributed by atoms with E-state index in [1.807, 2.05) is 0 Å². The molecule has 1 heterocycles. The summed E-state index contributed by atoms with van der Waals surface area (Å²) in [5.41, 5.74) is 1.70. The quantitative estimate of drug-likeness (QED) is 0.808. The molecule has 0 saturated carbocycles. The fourth-order valence-electron chi connectivity index (χ4n) is 1.71.